The maximum Gasteiger partial charge on any atom is 0.209 e. The van der Waals surface area contributed by atoms with Crippen LogP contribution in [-0.4, -0.2) is 22.3 Å². The quantitative estimate of drug-likeness (QED) is 0.777. The molecule has 2 heterocycles. The SMILES string of the molecule is CCc1c(C)[nH]c(C=CC2=[N+](C)c3ccccc3C2(C)C)c1C. The van der Waals surface area contributed by atoms with Crippen LogP contribution in [-0.2, 0) is 11.8 Å². The monoisotopic (exact) mass is 307 g/mol. The number of benzene rings is 1. The smallest absolute Gasteiger partial charge is 0.209 e. The molecule has 0 unspecified atom stereocenters. The highest BCUT2D eigenvalue weighted by Gasteiger charge is 2.42. The van der Waals surface area contributed by atoms with Crippen LogP contribution >= 0.6 is 0 Å². The molecule has 1 N–H and O–H groups in total. The Morgan fingerprint density at radius 3 is 2.43 bits per heavy atom. The first kappa shape index (κ1) is 15.8. The molecule has 2 heteroatoms. The fourth-order valence-corrected chi connectivity index (χ4v) is 3.98. The van der Waals surface area contributed by atoms with Crippen molar-refractivity contribution >= 4 is 17.5 Å². The van der Waals surface area contributed by atoms with Crippen molar-refractivity contribution in [1.29, 1.82) is 0 Å². The van der Waals surface area contributed by atoms with Gasteiger partial charge in [0.15, 0.2) is 5.71 Å². The Hall–Kier alpha value is -2.09. The number of allylic oxidation sites excluding steroid dienone is 1. The van der Waals surface area contributed by atoms with Crippen LogP contribution in [0.15, 0.2) is 30.3 Å². The van der Waals surface area contributed by atoms with Crippen LogP contribution < -0.4 is 0 Å². The van der Waals surface area contributed by atoms with E-state index in [1.54, 1.807) is 0 Å². The highest BCUT2D eigenvalue weighted by Crippen LogP contribution is 2.39. The standard InChI is InChI=1S/C21H26N2/c1-7-16-14(2)18(22-15(16)3)12-13-20-21(4,5)17-10-8-9-11-19(17)23(20)6/h8-13H,7H2,1-6H3/p+1. The first-order chi connectivity index (χ1) is 10.9. The van der Waals surface area contributed by atoms with Crippen molar-refractivity contribution in [3.05, 3.63) is 58.4 Å². The van der Waals surface area contributed by atoms with Crippen LogP contribution in [0.4, 0.5) is 5.69 Å². The fourth-order valence-electron chi connectivity index (χ4n) is 3.98. The minimum absolute atomic E-state index is 0.0327. The molecule has 1 aliphatic rings. The summed E-state index contributed by atoms with van der Waals surface area (Å²) in [5.74, 6) is 0. The van der Waals surface area contributed by atoms with E-state index in [4.69, 9.17) is 0 Å². The number of hydrogen-bond acceptors (Lipinski definition) is 0. The minimum Gasteiger partial charge on any atom is -0.359 e. The van der Waals surface area contributed by atoms with Gasteiger partial charge in [-0.15, -0.1) is 0 Å². The predicted molar refractivity (Wildman–Crippen MR) is 99.0 cm³/mol. The Labute approximate surface area is 139 Å². The molecule has 0 radical (unpaired) electrons. The number of hydrogen-bond donors (Lipinski definition) is 1. The van der Waals surface area contributed by atoms with Crippen LogP contribution in [0.1, 0.15) is 48.8 Å². The summed E-state index contributed by atoms with van der Waals surface area (Å²) in [6.45, 7) is 11.2. The molecule has 0 amide bonds. The van der Waals surface area contributed by atoms with E-state index in [0.717, 1.165) is 6.42 Å². The summed E-state index contributed by atoms with van der Waals surface area (Å²) < 4.78 is 2.32. The minimum atomic E-state index is 0.0327. The third kappa shape index (κ3) is 2.37. The molecule has 0 atom stereocenters. The Morgan fingerprint density at radius 1 is 1.13 bits per heavy atom. The first-order valence-electron chi connectivity index (χ1n) is 8.44. The van der Waals surface area contributed by atoms with Crippen molar-refractivity contribution in [3.63, 3.8) is 0 Å². The molecule has 120 valence electrons. The van der Waals surface area contributed by atoms with E-state index in [2.05, 4.69) is 87.6 Å². The van der Waals surface area contributed by atoms with Gasteiger partial charge in [-0.1, -0.05) is 25.1 Å². The van der Waals surface area contributed by atoms with Crippen molar-refractivity contribution in [2.24, 2.45) is 0 Å². The average molecular weight is 307 g/mol. The van der Waals surface area contributed by atoms with E-state index in [1.807, 2.05) is 0 Å². The second kappa shape index (κ2) is 5.52. The predicted octanol–water partition coefficient (Wildman–Crippen LogP) is 4.91. The number of aromatic amines is 1. The molecule has 2 aromatic rings. The topological polar surface area (TPSA) is 18.8 Å². The zero-order valence-corrected chi connectivity index (χ0v) is 15.1. The van der Waals surface area contributed by atoms with Crippen LogP contribution in [0.25, 0.3) is 6.08 Å². The fraction of sp³-hybridized carbons (Fsp3) is 0.381. The van der Waals surface area contributed by atoms with Crippen molar-refractivity contribution in [2.45, 2.75) is 46.5 Å². The van der Waals surface area contributed by atoms with Crippen LogP contribution in [0, 0.1) is 13.8 Å². The molecule has 1 aliphatic heterocycles. The molecule has 1 aromatic heterocycles. The summed E-state index contributed by atoms with van der Waals surface area (Å²) >= 11 is 0. The van der Waals surface area contributed by atoms with Gasteiger partial charge in [-0.2, -0.15) is 4.58 Å². The van der Waals surface area contributed by atoms with Gasteiger partial charge in [0.25, 0.3) is 0 Å². The van der Waals surface area contributed by atoms with E-state index in [9.17, 15) is 0 Å². The van der Waals surface area contributed by atoms with Gasteiger partial charge in [0.2, 0.25) is 5.69 Å². The lowest BCUT2D eigenvalue weighted by molar-refractivity contribution is -0.401. The highest BCUT2D eigenvalue weighted by atomic mass is 15.0. The van der Waals surface area contributed by atoms with Crippen LogP contribution in [0.5, 0.6) is 0 Å². The molecule has 0 bridgehead atoms. The lowest BCUT2D eigenvalue weighted by Gasteiger charge is -2.15. The molecule has 0 fully saturated rings. The molecular weight excluding hydrogens is 280 g/mol. The van der Waals surface area contributed by atoms with Crippen molar-refractivity contribution in [3.8, 4) is 0 Å². The van der Waals surface area contributed by atoms with Gasteiger partial charge >= 0.3 is 0 Å². The zero-order valence-electron chi connectivity index (χ0n) is 15.1. The van der Waals surface area contributed by atoms with Gasteiger partial charge in [0.05, 0.1) is 5.41 Å². The molecule has 1 aromatic carbocycles. The summed E-state index contributed by atoms with van der Waals surface area (Å²) in [4.78, 5) is 3.53. The third-order valence-corrected chi connectivity index (χ3v) is 5.33. The maximum absolute atomic E-state index is 3.53. The Balaban J connectivity index is 2.03. The molecule has 0 spiro atoms. The normalized spacial score (nSPS) is 16.4. The number of H-pyrrole nitrogens is 1. The Bertz CT molecular complexity index is 816. The van der Waals surface area contributed by atoms with E-state index in [0.29, 0.717) is 0 Å². The molecule has 3 rings (SSSR count). The first-order valence-corrected chi connectivity index (χ1v) is 8.44. The summed E-state index contributed by atoms with van der Waals surface area (Å²) in [6, 6.07) is 8.69. The molecule has 0 saturated heterocycles. The maximum atomic E-state index is 3.53. The summed E-state index contributed by atoms with van der Waals surface area (Å²) in [7, 11) is 2.16. The van der Waals surface area contributed by atoms with Gasteiger partial charge in [0.1, 0.15) is 7.05 Å². The van der Waals surface area contributed by atoms with E-state index < -0.39 is 0 Å². The van der Waals surface area contributed by atoms with Gasteiger partial charge in [-0.25, -0.2) is 0 Å². The number of aryl methyl sites for hydroxylation is 1. The lowest BCUT2D eigenvalue weighted by Crippen LogP contribution is -2.26. The van der Waals surface area contributed by atoms with E-state index in [1.165, 1.54) is 39.5 Å². The summed E-state index contributed by atoms with van der Waals surface area (Å²) in [5.41, 5.74) is 9.41. The average Bonchev–Trinajstić information content (AvgIpc) is 2.90. The van der Waals surface area contributed by atoms with E-state index >= 15 is 0 Å². The number of fused-ring (bicyclic) bond motifs is 1. The molecule has 2 nitrogen and oxygen atoms in total. The van der Waals surface area contributed by atoms with Gasteiger partial charge in [0, 0.05) is 29.1 Å². The number of nitrogens with one attached hydrogen (secondary N) is 1. The zero-order chi connectivity index (χ0) is 16.8. The summed E-state index contributed by atoms with van der Waals surface area (Å²) in [6.07, 6.45) is 5.59. The second-order valence-corrected chi connectivity index (χ2v) is 7.04. The Morgan fingerprint density at radius 2 is 1.83 bits per heavy atom. The number of nitrogens with zero attached hydrogens (tertiary/aromatic N) is 1. The van der Waals surface area contributed by atoms with Gasteiger partial charge in [-0.05, 0) is 51.3 Å². The third-order valence-electron chi connectivity index (χ3n) is 5.33. The number of para-hydroxylation sites is 1. The molecular formula is C21H27N2+. The molecule has 23 heavy (non-hydrogen) atoms. The van der Waals surface area contributed by atoms with Crippen molar-refractivity contribution in [1.82, 2.24) is 4.98 Å². The largest absolute Gasteiger partial charge is 0.359 e. The highest BCUT2D eigenvalue weighted by molar-refractivity contribution is 6.05. The number of rotatable bonds is 3. The van der Waals surface area contributed by atoms with Crippen molar-refractivity contribution < 1.29 is 4.58 Å². The van der Waals surface area contributed by atoms with Gasteiger partial charge < -0.3 is 4.98 Å². The second-order valence-electron chi connectivity index (χ2n) is 7.04. The number of aromatic nitrogens is 1. The van der Waals surface area contributed by atoms with Gasteiger partial charge in [-0.3, -0.25) is 0 Å². The van der Waals surface area contributed by atoms with E-state index in [-0.39, 0.29) is 5.41 Å². The summed E-state index contributed by atoms with van der Waals surface area (Å²) in [5, 5.41) is 0. The van der Waals surface area contributed by atoms with Crippen LogP contribution in [0.2, 0.25) is 0 Å². The molecule has 0 saturated carbocycles. The lowest BCUT2D eigenvalue weighted by atomic mass is 9.81. The molecule has 0 aliphatic carbocycles. The van der Waals surface area contributed by atoms with Crippen LogP contribution in [0.3, 0.4) is 0 Å². The Kier molecular flexibility index (Phi) is 3.79. The van der Waals surface area contributed by atoms with Crippen molar-refractivity contribution in [2.75, 3.05) is 7.05 Å².